The van der Waals surface area contributed by atoms with E-state index in [1.807, 2.05) is 0 Å². The van der Waals surface area contributed by atoms with Gasteiger partial charge in [-0.15, -0.1) is 5.10 Å². The molecule has 1 aliphatic carbocycles. The van der Waals surface area contributed by atoms with Crippen LogP contribution in [0.4, 0.5) is 5.82 Å². The lowest BCUT2D eigenvalue weighted by Crippen LogP contribution is -2.11. The van der Waals surface area contributed by atoms with Gasteiger partial charge in [-0.2, -0.15) is 0 Å². The lowest BCUT2D eigenvalue weighted by atomic mass is 10.2. The predicted octanol–water partition coefficient (Wildman–Crippen LogP) is 1.67. The standard InChI is InChI=1S/C8H11N3OS/c12-8(4-3-6-1-2-6)9-7-5-13-11-10-7/h5-6H,1-4H2,(H,9,12). The molecular formula is C8H11N3OS. The molecule has 13 heavy (non-hydrogen) atoms. The van der Waals surface area contributed by atoms with E-state index < -0.39 is 0 Å². The highest BCUT2D eigenvalue weighted by Gasteiger charge is 2.21. The molecular weight excluding hydrogens is 186 g/mol. The van der Waals surface area contributed by atoms with Crippen molar-refractivity contribution in [3.8, 4) is 0 Å². The van der Waals surface area contributed by atoms with Gasteiger partial charge in [0.25, 0.3) is 0 Å². The number of anilines is 1. The predicted molar refractivity (Wildman–Crippen MR) is 50.5 cm³/mol. The van der Waals surface area contributed by atoms with Gasteiger partial charge in [-0.3, -0.25) is 4.79 Å². The number of aromatic nitrogens is 2. The van der Waals surface area contributed by atoms with Crippen molar-refractivity contribution in [2.24, 2.45) is 5.92 Å². The first-order valence-corrected chi connectivity index (χ1v) is 5.25. The van der Waals surface area contributed by atoms with E-state index in [0.717, 1.165) is 12.3 Å². The van der Waals surface area contributed by atoms with Crippen LogP contribution in [0.5, 0.6) is 0 Å². The van der Waals surface area contributed by atoms with E-state index in [1.165, 1.54) is 24.4 Å². The van der Waals surface area contributed by atoms with Gasteiger partial charge in [0, 0.05) is 6.42 Å². The SMILES string of the molecule is O=C(CCC1CC1)Nc1csnn1. The number of hydrogen-bond acceptors (Lipinski definition) is 4. The van der Waals surface area contributed by atoms with E-state index in [9.17, 15) is 4.79 Å². The van der Waals surface area contributed by atoms with Gasteiger partial charge in [-0.25, -0.2) is 0 Å². The highest BCUT2D eigenvalue weighted by molar-refractivity contribution is 7.03. The molecule has 0 radical (unpaired) electrons. The summed E-state index contributed by atoms with van der Waals surface area (Å²) < 4.78 is 3.66. The van der Waals surface area contributed by atoms with E-state index in [0.29, 0.717) is 12.2 Å². The van der Waals surface area contributed by atoms with Gasteiger partial charge in [0.2, 0.25) is 5.91 Å². The zero-order valence-corrected chi connectivity index (χ0v) is 8.01. The Bertz CT molecular complexity index is 282. The number of amides is 1. The Labute approximate surface area is 80.5 Å². The van der Waals surface area contributed by atoms with Gasteiger partial charge < -0.3 is 5.32 Å². The lowest BCUT2D eigenvalue weighted by molar-refractivity contribution is -0.116. The molecule has 1 amide bonds. The van der Waals surface area contributed by atoms with Crippen LogP contribution in [0.1, 0.15) is 25.7 Å². The van der Waals surface area contributed by atoms with Crippen LogP contribution in [0, 0.1) is 5.92 Å². The van der Waals surface area contributed by atoms with Gasteiger partial charge >= 0.3 is 0 Å². The third-order valence-electron chi connectivity index (χ3n) is 2.10. The summed E-state index contributed by atoms with van der Waals surface area (Å²) in [5.74, 6) is 1.43. The topological polar surface area (TPSA) is 54.9 Å². The molecule has 0 saturated heterocycles. The molecule has 1 N–H and O–H groups in total. The average molecular weight is 197 g/mol. The van der Waals surface area contributed by atoms with Crippen molar-refractivity contribution in [1.82, 2.24) is 9.59 Å². The second-order valence-corrected chi connectivity index (χ2v) is 3.93. The average Bonchev–Trinajstić information content (AvgIpc) is 2.82. The Morgan fingerprint density at radius 2 is 2.54 bits per heavy atom. The zero-order valence-electron chi connectivity index (χ0n) is 7.19. The smallest absolute Gasteiger partial charge is 0.225 e. The Kier molecular flexibility index (Phi) is 2.54. The van der Waals surface area contributed by atoms with Crippen LogP contribution in [0.25, 0.3) is 0 Å². The Morgan fingerprint density at radius 1 is 1.69 bits per heavy atom. The minimum atomic E-state index is 0.0552. The minimum Gasteiger partial charge on any atom is -0.308 e. The van der Waals surface area contributed by atoms with E-state index in [-0.39, 0.29) is 5.91 Å². The molecule has 1 fully saturated rings. The number of carbonyl (C=O) groups excluding carboxylic acids is 1. The zero-order chi connectivity index (χ0) is 9.10. The summed E-state index contributed by atoms with van der Waals surface area (Å²) in [5, 5.41) is 8.17. The van der Waals surface area contributed by atoms with Crippen molar-refractivity contribution in [3.05, 3.63) is 5.38 Å². The molecule has 1 aliphatic rings. The molecule has 1 heterocycles. The second kappa shape index (κ2) is 3.83. The molecule has 2 rings (SSSR count). The van der Waals surface area contributed by atoms with Gasteiger partial charge in [0.05, 0.1) is 5.38 Å². The summed E-state index contributed by atoms with van der Waals surface area (Å²) in [5.41, 5.74) is 0. The second-order valence-electron chi connectivity index (χ2n) is 3.32. The van der Waals surface area contributed by atoms with Gasteiger partial charge in [0.1, 0.15) is 0 Å². The molecule has 0 unspecified atom stereocenters. The first kappa shape index (κ1) is 8.62. The number of rotatable bonds is 4. The van der Waals surface area contributed by atoms with E-state index in [2.05, 4.69) is 14.9 Å². The maximum atomic E-state index is 11.3. The first-order chi connectivity index (χ1) is 6.34. The number of hydrogen-bond donors (Lipinski definition) is 1. The third kappa shape index (κ3) is 2.77. The van der Waals surface area contributed by atoms with E-state index in [1.54, 1.807) is 5.38 Å². The van der Waals surface area contributed by atoms with Crippen LogP contribution in [0.15, 0.2) is 5.38 Å². The first-order valence-electron chi connectivity index (χ1n) is 4.41. The van der Waals surface area contributed by atoms with Crippen LogP contribution < -0.4 is 5.32 Å². The molecule has 5 heteroatoms. The minimum absolute atomic E-state index is 0.0552. The molecule has 1 saturated carbocycles. The number of nitrogens with zero attached hydrogens (tertiary/aromatic N) is 2. The molecule has 0 atom stereocenters. The maximum absolute atomic E-state index is 11.3. The van der Waals surface area contributed by atoms with Crippen LogP contribution in [-0.4, -0.2) is 15.5 Å². The molecule has 0 aliphatic heterocycles. The third-order valence-corrected chi connectivity index (χ3v) is 2.61. The highest BCUT2D eigenvalue weighted by atomic mass is 32.1. The van der Waals surface area contributed by atoms with Crippen LogP contribution >= 0.6 is 11.5 Å². The van der Waals surface area contributed by atoms with Crippen molar-refractivity contribution in [3.63, 3.8) is 0 Å². The van der Waals surface area contributed by atoms with Crippen molar-refractivity contribution in [1.29, 1.82) is 0 Å². The molecule has 1 aromatic rings. The van der Waals surface area contributed by atoms with E-state index in [4.69, 9.17) is 0 Å². The van der Waals surface area contributed by atoms with Gasteiger partial charge in [0.15, 0.2) is 5.82 Å². The Balaban J connectivity index is 1.71. The molecule has 0 spiro atoms. The maximum Gasteiger partial charge on any atom is 0.225 e. The molecule has 4 nitrogen and oxygen atoms in total. The number of nitrogens with one attached hydrogen (secondary N) is 1. The summed E-state index contributed by atoms with van der Waals surface area (Å²) in [6, 6.07) is 0. The molecule has 0 bridgehead atoms. The van der Waals surface area contributed by atoms with Crippen LogP contribution in [0.3, 0.4) is 0 Å². The van der Waals surface area contributed by atoms with Gasteiger partial charge in [-0.1, -0.05) is 17.3 Å². The summed E-state index contributed by atoms with van der Waals surface area (Å²) >= 11 is 1.24. The fourth-order valence-corrected chi connectivity index (χ4v) is 1.55. The summed E-state index contributed by atoms with van der Waals surface area (Å²) in [6.07, 6.45) is 4.22. The summed E-state index contributed by atoms with van der Waals surface area (Å²) in [4.78, 5) is 11.3. The Hall–Kier alpha value is -0.970. The quantitative estimate of drug-likeness (QED) is 0.798. The lowest BCUT2D eigenvalue weighted by Gasteiger charge is -1.99. The largest absolute Gasteiger partial charge is 0.308 e. The number of carbonyl (C=O) groups is 1. The normalized spacial score (nSPS) is 15.7. The van der Waals surface area contributed by atoms with Gasteiger partial charge in [-0.05, 0) is 23.9 Å². The molecule has 0 aromatic carbocycles. The summed E-state index contributed by atoms with van der Waals surface area (Å²) in [6.45, 7) is 0. The monoisotopic (exact) mass is 197 g/mol. The van der Waals surface area contributed by atoms with Crippen molar-refractivity contribution in [2.75, 3.05) is 5.32 Å². The molecule has 70 valence electrons. The molecule has 1 aromatic heterocycles. The van der Waals surface area contributed by atoms with Crippen molar-refractivity contribution in [2.45, 2.75) is 25.7 Å². The fourth-order valence-electron chi connectivity index (χ4n) is 1.17. The van der Waals surface area contributed by atoms with Crippen molar-refractivity contribution < 1.29 is 4.79 Å². The van der Waals surface area contributed by atoms with Crippen molar-refractivity contribution >= 4 is 23.3 Å². The van der Waals surface area contributed by atoms with Crippen LogP contribution in [-0.2, 0) is 4.79 Å². The van der Waals surface area contributed by atoms with E-state index >= 15 is 0 Å². The highest BCUT2D eigenvalue weighted by Crippen LogP contribution is 2.33. The summed E-state index contributed by atoms with van der Waals surface area (Å²) in [7, 11) is 0. The van der Waals surface area contributed by atoms with Crippen LogP contribution in [0.2, 0.25) is 0 Å². The fraction of sp³-hybridized carbons (Fsp3) is 0.625. The Morgan fingerprint density at radius 3 is 3.15 bits per heavy atom.